The number of rotatable bonds is 6. The Morgan fingerprint density at radius 3 is 2.71 bits per heavy atom. The van der Waals surface area contributed by atoms with Crippen molar-refractivity contribution >= 4 is 15.9 Å². The zero-order valence-electron chi connectivity index (χ0n) is 10.1. The number of hydrogen-bond donors (Lipinski definition) is 2. The summed E-state index contributed by atoms with van der Waals surface area (Å²) in [7, 11) is 1.57. The van der Waals surface area contributed by atoms with Crippen molar-refractivity contribution < 1.29 is 14.6 Å². The molecule has 4 nitrogen and oxygen atoms in total. The first-order chi connectivity index (χ1) is 8.12. The Kier molecular flexibility index (Phi) is 5.74. The number of benzene rings is 1. The van der Waals surface area contributed by atoms with E-state index >= 15 is 0 Å². The lowest BCUT2D eigenvalue weighted by molar-refractivity contribution is 0.102. The van der Waals surface area contributed by atoms with Crippen LogP contribution >= 0.6 is 15.9 Å². The minimum absolute atomic E-state index is 0.243. The first kappa shape index (κ1) is 14.3. The SMILES string of the molecule is CCC(O)COc1c(Br)cc(CN)cc1OC. The number of hydrogen-bond acceptors (Lipinski definition) is 4. The van der Waals surface area contributed by atoms with Crippen LogP contribution in [0.1, 0.15) is 18.9 Å². The lowest BCUT2D eigenvalue weighted by Gasteiger charge is -2.15. The van der Waals surface area contributed by atoms with Crippen molar-refractivity contribution in [1.82, 2.24) is 0 Å². The van der Waals surface area contributed by atoms with Crippen LogP contribution in [0.2, 0.25) is 0 Å². The molecule has 0 saturated heterocycles. The van der Waals surface area contributed by atoms with Crippen LogP contribution in [-0.2, 0) is 6.54 Å². The maximum atomic E-state index is 9.47. The van der Waals surface area contributed by atoms with Gasteiger partial charge in [-0.15, -0.1) is 0 Å². The van der Waals surface area contributed by atoms with Gasteiger partial charge in [-0.2, -0.15) is 0 Å². The minimum atomic E-state index is -0.471. The number of aliphatic hydroxyl groups is 1. The van der Waals surface area contributed by atoms with Gasteiger partial charge < -0.3 is 20.3 Å². The fraction of sp³-hybridized carbons (Fsp3) is 0.500. The molecule has 0 heterocycles. The Bertz CT molecular complexity index is 371. The van der Waals surface area contributed by atoms with E-state index in [-0.39, 0.29) is 6.61 Å². The first-order valence-corrected chi connectivity index (χ1v) is 6.29. The Labute approximate surface area is 110 Å². The van der Waals surface area contributed by atoms with Crippen LogP contribution in [0.5, 0.6) is 11.5 Å². The van der Waals surface area contributed by atoms with Crippen LogP contribution in [0.15, 0.2) is 16.6 Å². The van der Waals surface area contributed by atoms with E-state index < -0.39 is 6.10 Å². The molecule has 0 saturated carbocycles. The average molecular weight is 304 g/mol. The highest BCUT2D eigenvalue weighted by atomic mass is 79.9. The molecule has 0 aliphatic carbocycles. The van der Waals surface area contributed by atoms with Crippen LogP contribution in [0.4, 0.5) is 0 Å². The van der Waals surface area contributed by atoms with Crippen LogP contribution < -0.4 is 15.2 Å². The number of aliphatic hydroxyl groups excluding tert-OH is 1. The highest BCUT2D eigenvalue weighted by Crippen LogP contribution is 2.36. The summed E-state index contributed by atoms with van der Waals surface area (Å²) in [5.41, 5.74) is 6.53. The van der Waals surface area contributed by atoms with Crippen LogP contribution in [0.25, 0.3) is 0 Å². The predicted molar refractivity (Wildman–Crippen MR) is 70.4 cm³/mol. The number of methoxy groups -OCH3 is 1. The Morgan fingerprint density at radius 2 is 2.18 bits per heavy atom. The van der Waals surface area contributed by atoms with Gasteiger partial charge in [0.25, 0.3) is 0 Å². The smallest absolute Gasteiger partial charge is 0.175 e. The first-order valence-electron chi connectivity index (χ1n) is 5.49. The Morgan fingerprint density at radius 1 is 1.47 bits per heavy atom. The zero-order chi connectivity index (χ0) is 12.8. The fourth-order valence-corrected chi connectivity index (χ4v) is 1.93. The minimum Gasteiger partial charge on any atom is -0.493 e. The van der Waals surface area contributed by atoms with Gasteiger partial charge in [0.1, 0.15) is 6.61 Å². The second-order valence-electron chi connectivity index (χ2n) is 3.69. The van der Waals surface area contributed by atoms with E-state index in [0.29, 0.717) is 24.5 Å². The lowest BCUT2D eigenvalue weighted by atomic mass is 10.2. The molecule has 1 aromatic rings. The van der Waals surface area contributed by atoms with Crippen LogP contribution in [0, 0.1) is 0 Å². The third kappa shape index (κ3) is 3.87. The van der Waals surface area contributed by atoms with E-state index in [1.165, 1.54) is 0 Å². The summed E-state index contributed by atoms with van der Waals surface area (Å²) in [6, 6.07) is 3.72. The molecule has 0 aromatic heterocycles. The van der Waals surface area contributed by atoms with E-state index in [0.717, 1.165) is 10.0 Å². The van der Waals surface area contributed by atoms with E-state index in [2.05, 4.69) is 15.9 Å². The third-order valence-electron chi connectivity index (χ3n) is 2.42. The summed E-state index contributed by atoms with van der Waals surface area (Å²) in [6.45, 7) is 2.58. The molecule has 0 spiro atoms. The Hall–Kier alpha value is -0.780. The van der Waals surface area contributed by atoms with Gasteiger partial charge in [-0.3, -0.25) is 0 Å². The molecule has 17 heavy (non-hydrogen) atoms. The molecule has 0 amide bonds. The maximum Gasteiger partial charge on any atom is 0.175 e. The van der Waals surface area contributed by atoms with E-state index in [4.69, 9.17) is 15.2 Å². The average Bonchev–Trinajstić information content (AvgIpc) is 2.35. The molecular formula is C12H18BrNO3. The molecule has 96 valence electrons. The molecule has 0 aliphatic rings. The summed E-state index contributed by atoms with van der Waals surface area (Å²) in [5, 5.41) is 9.47. The summed E-state index contributed by atoms with van der Waals surface area (Å²) >= 11 is 3.41. The van der Waals surface area contributed by atoms with Crippen molar-refractivity contribution in [2.75, 3.05) is 13.7 Å². The van der Waals surface area contributed by atoms with E-state index in [9.17, 15) is 5.11 Å². The summed E-state index contributed by atoms with van der Waals surface area (Å²) in [5.74, 6) is 1.21. The highest BCUT2D eigenvalue weighted by Gasteiger charge is 2.12. The summed E-state index contributed by atoms with van der Waals surface area (Å²) < 4.78 is 11.6. The molecule has 0 aliphatic heterocycles. The standard InChI is InChI=1S/C12H18BrNO3/c1-3-9(15)7-17-12-10(13)4-8(6-14)5-11(12)16-2/h4-5,9,15H,3,6-7,14H2,1-2H3. The second-order valence-corrected chi connectivity index (χ2v) is 4.54. The van der Waals surface area contributed by atoms with E-state index in [1.807, 2.05) is 19.1 Å². The van der Waals surface area contributed by atoms with Gasteiger partial charge in [-0.05, 0) is 40.0 Å². The number of halogens is 1. The van der Waals surface area contributed by atoms with Crippen molar-refractivity contribution in [3.05, 3.63) is 22.2 Å². The molecule has 3 N–H and O–H groups in total. The normalized spacial score (nSPS) is 12.3. The molecule has 0 bridgehead atoms. The monoisotopic (exact) mass is 303 g/mol. The van der Waals surface area contributed by atoms with Crippen molar-refractivity contribution in [3.63, 3.8) is 0 Å². The van der Waals surface area contributed by atoms with Crippen molar-refractivity contribution in [2.24, 2.45) is 5.73 Å². The largest absolute Gasteiger partial charge is 0.493 e. The molecule has 1 atom stereocenters. The second kappa shape index (κ2) is 6.83. The third-order valence-corrected chi connectivity index (χ3v) is 3.01. The number of ether oxygens (including phenoxy) is 2. The molecule has 0 radical (unpaired) electrons. The molecule has 0 fully saturated rings. The zero-order valence-corrected chi connectivity index (χ0v) is 11.7. The molecular weight excluding hydrogens is 286 g/mol. The van der Waals surface area contributed by atoms with Crippen molar-refractivity contribution in [2.45, 2.75) is 26.0 Å². The molecule has 1 unspecified atom stereocenters. The van der Waals surface area contributed by atoms with Crippen LogP contribution in [0.3, 0.4) is 0 Å². The number of nitrogens with two attached hydrogens (primary N) is 1. The predicted octanol–water partition coefficient (Wildman–Crippen LogP) is 2.07. The summed E-state index contributed by atoms with van der Waals surface area (Å²) in [4.78, 5) is 0. The van der Waals surface area contributed by atoms with Crippen LogP contribution in [-0.4, -0.2) is 24.9 Å². The van der Waals surface area contributed by atoms with E-state index in [1.54, 1.807) is 7.11 Å². The Balaban J connectivity index is 2.89. The van der Waals surface area contributed by atoms with Gasteiger partial charge in [-0.25, -0.2) is 0 Å². The van der Waals surface area contributed by atoms with Gasteiger partial charge >= 0.3 is 0 Å². The topological polar surface area (TPSA) is 64.7 Å². The molecule has 1 rings (SSSR count). The van der Waals surface area contributed by atoms with Gasteiger partial charge in [0.15, 0.2) is 11.5 Å². The molecule has 1 aromatic carbocycles. The van der Waals surface area contributed by atoms with Gasteiger partial charge in [0.2, 0.25) is 0 Å². The molecule has 5 heteroatoms. The maximum absolute atomic E-state index is 9.47. The van der Waals surface area contributed by atoms with Crippen molar-refractivity contribution in [1.29, 1.82) is 0 Å². The highest BCUT2D eigenvalue weighted by molar-refractivity contribution is 9.10. The summed E-state index contributed by atoms with van der Waals surface area (Å²) in [6.07, 6.45) is 0.182. The lowest BCUT2D eigenvalue weighted by Crippen LogP contribution is -2.16. The van der Waals surface area contributed by atoms with Gasteiger partial charge in [0.05, 0.1) is 17.7 Å². The van der Waals surface area contributed by atoms with Gasteiger partial charge in [0, 0.05) is 6.54 Å². The van der Waals surface area contributed by atoms with Gasteiger partial charge in [-0.1, -0.05) is 6.92 Å². The van der Waals surface area contributed by atoms with Crippen molar-refractivity contribution in [3.8, 4) is 11.5 Å². The fourth-order valence-electron chi connectivity index (χ4n) is 1.33. The quantitative estimate of drug-likeness (QED) is 0.844.